The number of hydrogen-bond acceptors (Lipinski definition) is 6. The number of amides is 2. The van der Waals surface area contributed by atoms with E-state index in [9.17, 15) is 19.5 Å². The highest BCUT2D eigenvalue weighted by molar-refractivity contribution is 8.02. The molecule has 4 heterocycles. The number of thioether (sulfide) groups is 1. The number of aliphatic hydroxyl groups excluding tert-OH is 1. The molecule has 0 bridgehead atoms. The highest BCUT2D eigenvalue weighted by atomic mass is 32.2. The number of allylic oxidation sites excluding steroid dienone is 1. The summed E-state index contributed by atoms with van der Waals surface area (Å²) in [6, 6.07) is -0.673. The molecule has 194 valence electrons. The number of unbranched alkanes of at least 4 members (excludes halogenated alkanes) is 2. The van der Waals surface area contributed by atoms with E-state index in [0.29, 0.717) is 32.5 Å². The number of likely N-dealkylation sites (tertiary alicyclic amines) is 1. The van der Waals surface area contributed by atoms with E-state index in [1.807, 2.05) is 38.7 Å². The maximum atomic E-state index is 14.2. The van der Waals surface area contributed by atoms with Gasteiger partial charge in [-0.15, -0.1) is 11.8 Å². The van der Waals surface area contributed by atoms with E-state index >= 15 is 0 Å². The molecule has 4 rings (SSSR count). The number of nitrogens with zero attached hydrogens (tertiary/aromatic N) is 2. The van der Waals surface area contributed by atoms with Crippen molar-refractivity contribution in [3.8, 4) is 0 Å². The summed E-state index contributed by atoms with van der Waals surface area (Å²) in [7, 11) is 0. The van der Waals surface area contributed by atoms with Crippen LogP contribution in [0.4, 0.5) is 0 Å². The normalized spacial score (nSPS) is 36.4. The molecule has 2 saturated heterocycles. The van der Waals surface area contributed by atoms with Crippen molar-refractivity contribution in [3.63, 3.8) is 0 Å². The van der Waals surface area contributed by atoms with Crippen molar-refractivity contribution in [1.29, 1.82) is 0 Å². The highest BCUT2D eigenvalue weighted by Crippen LogP contribution is 2.65. The SMILES string of the molecule is CC(C)(C)N1CC=C[C@]23S[C@@]4(C)/C=C\CCCCOC(=O)[C@H]4[C@H]2C(=O)N(CCCCCO)C3C1=O. The summed E-state index contributed by atoms with van der Waals surface area (Å²) in [6.07, 6.45) is 13.1. The fraction of sp³-hybridized carbons (Fsp3) is 0.741. The van der Waals surface area contributed by atoms with Gasteiger partial charge in [0.1, 0.15) is 6.04 Å². The largest absolute Gasteiger partial charge is 0.465 e. The van der Waals surface area contributed by atoms with Crippen LogP contribution in [0, 0.1) is 11.8 Å². The second kappa shape index (κ2) is 9.92. The molecule has 8 heteroatoms. The van der Waals surface area contributed by atoms with E-state index in [1.165, 1.54) is 0 Å². The summed E-state index contributed by atoms with van der Waals surface area (Å²) in [4.78, 5) is 45.4. The van der Waals surface area contributed by atoms with Crippen LogP contribution in [0.15, 0.2) is 24.3 Å². The Morgan fingerprint density at radius 2 is 1.83 bits per heavy atom. The molecule has 0 saturated carbocycles. The first-order valence-corrected chi connectivity index (χ1v) is 13.8. The van der Waals surface area contributed by atoms with Gasteiger partial charge in [-0.05, 0) is 66.2 Å². The van der Waals surface area contributed by atoms with Gasteiger partial charge in [0.25, 0.3) is 0 Å². The highest BCUT2D eigenvalue weighted by Gasteiger charge is 2.73. The Bertz CT molecular complexity index is 912. The van der Waals surface area contributed by atoms with Crippen molar-refractivity contribution in [2.75, 3.05) is 26.3 Å². The Kier molecular flexibility index (Phi) is 7.45. The lowest BCUT2D eigenvalue weighted by Gasteiger charge is -2.41. The van der Waals surface area contributed by atoms with E-state index in [2.05, 4.69) is 18.2 Å². The number of esters is 1. The zero-order valence-electron chi connectivity index (χ0n) is 21.5. The Balaban J connectivity index is 1.81. The number of carbonyl (C=O) groups is 3. The van der Waals surface area contributed by atoms with Crippen LogP contribution >= 0.6 is 11.8 Å². The predicted octanol–water partition coefficient (Wildman–Crippen LogP) is 3.32. The molecule has 1 unspecified atom stereocenters. The maximum absolute atomic E-state index is 14.2. The van der Waals surface area contributed by atoms with Crippen molar-refractivity contribution in [2.45, 2.75) is 87.3 Å². The molecule has 1 N–H and O–H groups in total. The fourth-order valence-corrected chi connectivity index (χ4v) is 8.36. The number of fused-ring (bicyclic) bond motifs is 2. The average molecular weight is 505 g/mol. The van der Waals surface area contributed by atoms with Crippen LogP contribution in [0.5, 0.6) is 0 Å². The molecule has 7 nitrogen and oxygen atoms in total. The van der Waals surface area contributed by atoms with Crippen LogP contribution in [0.3, 0.4) is 0 Å². The number of aliphatic hydroxyl groups is 1. The molecule has 5 atom stereocenters. The number of ether oxygens (including phenoxy) is 1. The Morgan fingerprint density at radius 3 is 2.54 bits per heavy atom. The topological polar surface area (TPSA) is 87.2 Å². The number of hydrogen-bond donors (Lipinski definition) is 1. The summed E-state index contributed by atoms with van der Waals surface area (Å²) < 4.78 is 4.24. The van der Waals surface area contributed by atoms with Gasteiger partial charge < -0.3 is 19.6 Å². The molecule has 0 aromatic carbocycles. The molecule has 0 radical (unpaired) electrons. The van der Waals surface area contributed by atoms with Crippen LogP contribution in [0.1, 0.15) is 66.2 Å². The van der Waals surface area contributed by atoms with Gasteiger partial charge in [0, 0.05) is 30.0 Å². The minimum absolute atomic E-state index is 0.0577. The summed E-state index contributed by atoms with van der Waals surface area (Å²) in [5.41, 5.74) is -0.403. The van der Waals surface area contributed by atoms with Gasteiger partial charge in [-0.2, -0.15) is 0 Å². The van der Waals surface area contributed by atoms with Crippen LogP contribution in [0.2, 0.25) is 0 Å². The van der Waals surface area contributed by atoms with E-state index in [0.717, 1.165) is 25.7 Å². The van der Waals surface area contributed by atoms with Crippen molar-refractivity contribution >= 4 is 29.5 Å². The molecule has 4 aliphatic rings. The average Bonchev–Trinajstić information content (AvgIpc) is 3.10. The molecule has 2 fully saturated rings. The molecule has 4 aliphatic heterocycles. The third-order valence-electron chi connectivity index (χ3n) is 7.87. The zero-order valence-corrected chi connectivity index (χ0v) is 22.3. The first-order valence-electron chi connectivity index (χ1n) is 13.0. The number of cyclic esters (lactones) is 1. The molecular formula is C27H40N2O5S. The van der Waals surface area contributed by atoms with Gasteiger partial charge in [-0.3, -0.25) is 14.4 Å². The van der Waals surface area contributed by atoms with E-state index in [1.54, 1.807) is 16.7 Å². The van der Waals surface area contributed by atoms with E-state index in [4.69, 9.17) is 4.74 Å². The van der Waals surface area contributed by atoms with Crippen LogP contribution in [0.25, 0.3) is 0 Å². The minimum Gasteiger partial charge on any atom is -0.465 e. The second-order valence-corrected chi connectivity index (χ2v) is 13.2. The van der Waals surface area contributed by atoms with Crippen LogP contribution in [-0.4, -0.2) is 80.1 Å². The van der Waals surface area contributed by atoms with Gasteiger partial charge in [-0.1, -0.05) is 24.3 Å². The number of rotatable bonds is 5. The predicted molar refractivity (Wildman–Crippen MR) is 137 cm³/mol. The molecule has 0 aromatic rings. The summed E-state index contributed by atoms with van der Waals surface area (Å²) in [5.74, 6) is -1.83. The van der Waals surface area contributed by atoms with Crippen LogP contribution < -0.4 is 0 Å². The Labute approximate surface area is 213 Å². The Morgan fingerprint density at radius 1 is 1.06 bits per heavy atom. The molecule has 0 aromatic heterocycles. The Hall–Kier alpha value is -1.80. The third kappa shape index (κ3) is 4.57. The van der Waals surface area contributed by atoms with Crippen LogP contribution in [-0.2, 0) is 19.1 Å². The lowest BCUT2D eigenvalue weighted by molar-refractivity contribution is -0.154. The van der Waals surface area contributed by atoms with E-state index < -0.39 is 32.9 Å². The van der Waals surface area contributed by atoms with Gasteiger partial charge in [0.2, 0.25) is 11.8 Å². The van der Waals surface area contributed by atoms with Gasteiger partial charge >= 0.3 is 5.97 Å². The fourth-order valence-electron chi connectivity index (χ4n) is 6.21. The molecule has 35 heavy (non-hydrogen) atoms. The minimum atomic E-state index is -0.831. The quantitative estimate of drug-likeness (QED) is 0.351. The van der Waals surface area contributed by atoms with Gasteiger partial charge in [0.15, 0.2) is 0 Å². The molecule has 0 aliphatic carbocycles. The zero-order chi connectivity index (χ0) is 25.4. The lowest BCUT2D eigenvalue weighted by Crippen LogP contribution is -2.57. The lowest BCUT2D eigenvalue weighted by atomic mass is 9.74. The monoisotopic (exact) mass is 504 g/mol. The van der Waals surface area contributed by atoms with Gasteiger partial charge in [0.05, 0.1) is 23.2 Å². The summed E-state index contributed by atoms with van der Waals surface area (Å²) in [5, 5.41) is 9.20. The summed E-state index contributed by atoms with van der Waals surface area (Å²) in [6.45, 7) is 9.45. The van der Waals surface area contributed by atoms with Crippen molar-refractivity contribution in [1.82, 2.24) is 9.80 Å². The molecule has 1 spiro atoms. The molecular weight excluding hydrogens is 464 g/mol. The first kappa shape index (κ1) is 26.3. The maximum Gasteiger partial charge on any atom is 0.311 e. The standard InChI is InChI=1S/C27H40N2O5S/c1-25(2,3)29-16-12-14-27-19(22(31)28(21(27)23(29)32)15-9-7-10-17-30)20-24(33)34-18-11-6-5-8-13-26(20,4)35-27/h8,12-14,19-21,30H,5-7,9-11,15-18H2,1-4H3/b13-8-/t19-,20+,21?,26-,27-/m0/s1. The molecule has 2 amide bonds. The first-order chi connectivity index (χ1) is 16.6. The summed E-state index contributed by atoms with van der Waals surface area (Å²) >= 11 is 1.60. The van der Waals surface area contributed by atoms with Crippen molar-refractivity contribution in [3.05, 3.63) is 24.3 Å². The second-order valence-electron chi connectivity index (χ2n) is 11.4. The van der Waals surface area contributed by atoms with Crippen molar-refractivity contribution < 1.29 is 24.2 Å². The van der Waals surface area contributed by atoms with Crippen molar-refractivity contribution in [2.24, 2.45) is 11.8 Å². The number of carbonyl (C=O) groups excluding carboxylic acids is 3. The smallest absolute Gasteiger partial charge is 0.311 e. The third-order valence-corrected chi connectivity index (χ3v) is 9.66. The van der Waals surface area contributed by atoms with E-state index in [-0.39, 0.29) is 24.4 Å². The van der Waals surface area contributed by atoms with Gasteiger partial charge in [-0.25, -0.2) is 0 Å².